The van der Waals surface area contributed by atoms with E-state index in [4.69, 9.17) is 0 Å². The van der Waals surface area contributed by atoms with Crippen LogP contribution in [0.25, 0.3) is 21.8 Å². The summed E-state index contributed by atoms with van der Waals surface area (Å²) in [4.78, 5) is 36.0. The summed E-state index contributed by atoms with van der Waals surface area (Å²) in [5.74, 6) is -2.45. The molecule has 3 aromatic heterocycles. The molecule has 0 saturated carbocycles. The summed E-state index contributed by atoms with van der Waals surface area (Å²) in [5, 5.41) is 1.09. The molecule has 3 heterocycles. The highest BCUT2D eigenvalue weighted by Gasteiger charge is 2.23. The molecule has 0 radical (unpaired) electrons. The van der Waals surface area contributed by atoms with Crippen molar-refractivity contribution in [3.8, 4) is 0 Å². The van der Waals surface area contributed by atoms with Gasteiger partial charge in [-0.2, -0.15) is 0 Å². The van der Waals surface area contributed by atoms with Crippen LogP contribution in [0.1, 0.15) is 29.0 Å². The first-order valence-electron chi connectivity index (χ1n) is 8.58. The predicted octanol–water partition coefficient (Wildman–Crippen LogP) is 3.52. The Labute approximate surface area is 157 Å². The SMILES string of the molecule is C[C@@H](c1c[nH]c(=O)c2cc(F)c(F)cc12)N(C)C(=O)c1cc2cccnc2[nH]1. The zero-order valence-corrected chi connectivity index (χ0v) is 15.1. The lowest BCUT2D eigenvalue weighted by Crippen LogP contribution is -2.30. The quantitative estimate of drug-likeness (QED) is 0.569. The summed E-state index contributed by atoms with van der Waals surface area (Å²) in [7, 11) is 1.60. The maximum atomic E-state index is 13.8. The number of hydrogen-bond acceptors (Lipinski definition) is 3. The number of carbonyl (C=O) groups excluding carboxylic acids is 1. The van der Waals surface area contributed by atoms with Crippen LogP contribution in [0.3, 0.4) is 0 Å². The van der Waals surface area contributed by atoms with Gasteiger partial charge in [0.2, 0.25) is 0 Å². The predicted molar refractivity (Wildman–Crippen MR) is 101 cm³/mol. The molecule has 4 rings (SSSR count). The van der Waals surface area contributed by atoms with E-state index in [0.29, 0.717) is 16.9 Å². The largest absolute Gasteiger partial charge is 0.335 e. The molecule has 1 atom stereocenters. The number of amides is 1. The van der Waals surface area contributed by atoms with Gasteiger partial charge in [-0.3, -0.25) is 9.59 Å². The normalized spacial score (nSPS) is 12.4. The molecule has 0 aliphatic carbocycles. The lowest BCUT2D eigenvalue weighted by Gasteiger charge is -2.25. The van der Waals surface area contributed by atoms with Crippen LogP contribution in [-0.2, 0) is 0 Å². The zero-order valence-electron chi connectivity index (χ0n) is 15.1. The van der Waals surface area contributed by atoms with Gasteiger partial charge in [0.05, 0.1) is 11.4 Å². The van der Waals surface area contributed by atoms with Crippen LogP contribution in [0, 0.1) is 11.6 Å². The van der Waals surface area contributed by atoms with E-state index in [0.717, 1.165) is 17.5 Å². The molecule has 0 aliphatic heterocycles. The van der Waals surface area contributed by atoms with Crippen molar-refractivity contribution in [2.75, 3.05) is 7.05 Å². The average molecular weight is 382 g/mol. The van der Waals surface area contributed by atoms with E-state index >= 15 is 0 Å². The highest BCUT2D eigenvalue weighted by atomic mass is 19.2. The van der Waals surface area contributed by atoms with Crippen LogP contribution >= 0.6 is 0 Å². The Balaban J connectivity index is 1.75. The number of hydrogen-bond donors (Lipinski definition) is 2. The summed E-state index contributed by atoms with van der Waals surface area (Å²) in [6.07, 6.45) is 3.04. The summed E-state index contributed by atoms with van der Waals surface area (Å²) in [6.45, 7) is 1.74. The van der Waals surface area contributed by atoms with Crippen LogP contribution in [0.5, 0.6) is 0 Å². The summed E-state index contributed by atoms with van der Waals surface area (Å²) >= 11 is 0. The highest BCUT2D eigenvalue weighted by Crippen LogP contribution is 2.28. The van der Waals surface area contributed by atoms with Crippen molar-refractivity contribution in [2.45, 2.75) is 13.0 Å². The smallest absolute Gasteiger partial charge is 0.270 e. The first kappa shape index (κ1) is 17.8. The minimum Gasteiger partial charge on any atom is -0.335 e. The van der Waals surface area contributed by atoms with Crippen LogP contribution < -0.4 is 5.56 Å². The van der Waals surface area contributed by atoms with Crippen molar-refractivity contribution in [1.82, 2.24) is 19.9 Å². The molecular weight excluding hydrogens is 366 g/mol. The molecule has 0 bridgehead atoms. The fourth-order valence-electron chi connectivity index (χ4n) is 3.27. The number of nitrogens with one attached hydrogen (secondary N) is 2. The molecular formula is C20H16F2N4O2. The van der Waals surface area contributed by atoms with Crippen LogP contribution in [-0.4, -0.2) is 32.8 Å². The van der Waals surface area contributed by atoms with Gasteiger partial charge in [-0.25, -0.2) is 13.8 Å². The Hall–Kier alpha value is -3.55. The topological polar surface area (TPSA) is 81.8 Å². The Morgan fingerprint density at radius 3 is 2.61 bits per heavy atom. The number of carbonyl (C=O) groups is 1. The third-order valence-corrected chi connectivity index (χ3v) is 4.95. The van der Waals surface area contributed by atoms with E-state index in [1.54, 1.807) is 32.3 Å². The van der Waals surface area contributed by atoms with Crippen LogP contribution in [0.15, 0.2) is 47.5 Å². The maximum Gasteiger partial charge on any atom is 0.270 e. The molecule has 0 unspecified atom stereocenters. The maximum absolute atomic E-state index is 13.8. The monoisotopic (exact) mass is 382 g/mol. The first-order chi connectivity index (χ1) is 13.4. The lowest BCUT2D eigenvalue weighted by molar-refractivity contribution is 0.0738. The van der Waals surface area contributed by atoms with E-state index in [-0.39, 0.29) is 16.7 Å². The third kappa shape index (κ3) is 2.83. The molecule has 0 fully saturated rings. The van der Waals surface area contributed by atoms with Gasteiger partial charge in [0.15, 0.2) is 11.6 Å². The zero-order chi connectivity index (χ0) is 20.0. The molecule has 0 spiro atoms. The molecule has 142 valence electrons. The summed E-state index contributed by atoms with van der Waals surface area (Å²) < 4.78 is 27.4. The van der Waals surface area contributed by atoms with Crippen LogP contribution in [0.2, 0.25) is 0 Å². The second-order valence-electron chi connectivity index (χ2n) is 6.60. The second-order valence-corrected chi connectivity index (χ2v) is 6.60. The van der Waals surface area contributed by atoms with Crippen molar-refractivity contribution in [2.24, 2.45) is 0 Å². The number of H-pyrrole nitrogens is 2. The van der Waals surface area contributed by atoms with Gasteiger partial charge in [-0.05, 0) is 48.2 Å². The number of aromatic nitrogens is 3. The van der Waals surface area contributed by atoms with E-state index in [1.165, 1.54) is 11.1 Å². The highest BCUT2D eigenvalue weighted by molar-refractivity contribution is 5.97. The standard InChI is InChI=1S/C20H16F2N4O2/c1-10(14-9-24-19(27)13-8-16(22)15(21)7-12(13)14)26(2)20(28)17-6-11-4-3-5-23-18(11)25-17/h3-10H,1-2H3,(H,23,25)(H,24,27)/t10-/m0/s1. The van der Waals surface area contributed by atoms with Crippen molar-refractivity contribution in [3.05, 3.63) is 76.0 Å². The number of nitrogens with zero attached hydrogens (tertiary/aromatic N) is 2. The fourth-order valence-corrected chi connectivity index (χ4v) is 3.27. The van der Waals surface area contributed by atoms with Crippen molar-refractivity contribution >= 4 is 27.7 Å². The van der Waals surface area contributed by atoms with Crippen molar-refractivity contribution < 1.29 is 13.6 Å². The Morgan fingerprint density at radius 1 is 1.18 bits per heavy atom. The summed E-state index contributed by atoms with van der Waals surface area (Å²) in [5.41, 5.74) is 0.923. The van der Waals surface area contributed by atoms with Gasteiger partial charge < -0.3 is 14.9 Å². The van der Waals surface area contributed by atoms with Crippen molar-refractivity contribution in [1.29, 1.82) is 0 Å². The minimum absolute atomic E-state index is 0.0268. The van der Waals surface area contributed by atoms with Gasteiger partial charge in [0.25, 0.3) is 11.5 Å². The summed E-state index contributed by atoms with van der Waals surface area (Å²) in [6, 6.07) is 6.65. The van der Waals surface area contributed by atoms with E-state index in [1.807, 2.05) is 6.07 Å². The molecule has 8 heteroatoms. The Kier molecular flexibility index (Phi) is 4.18. The molecule has 28 heavy (non-hydrogen) atoms. The number of benzene rings is 1. The van der Waals surface area contributed by atoms with Gasteiger partial charge in [-0.15, -0.1) is 0 Å². The van der Waals surface area contributed by atoms with Crippen molar-refractivity contribution in [3.63, 3.8) is 0 Å². The van der Waals surface area contributed by atoms with E-state index < -0.39 is 23.2 Å². The molecule has 6 nitrogen and oxygen atoms in total. The van der Waals surface area contributed by atoms with Gasteiger partial charge in [0.1, 0.15) is 11.3 Å². The Morgan fingerprint density at radius 2 is 1.89 bits per heavy atom. The van der Waals surface area contributed by atoms with Gasteiger partial charge in [-0.1, -0.05) is 0 Å². The van der Waals surface area contributed by atoms with E-state index in [9.17, 15) is 18.4 Å². The first-order valence-corrected chi connectivity index (χ1v) is 8.58. The van der Waals surface area contributed by atoms with Gasteiger partial charge in [0, 0.05) is 24.8 Å². The third-order valence-electron chi connectivity index (χ3n) is 4.95. The molecule has 4 aromatic rings. The Bertz CT molecular complexity index is 1250. The molecule has 0 saturated heterocycles. The lowest BCUT2D eigenvalue weighted by atomic mass is 10.0. The minimum atomic E-state index is -1.10. The molecule has 2 N–H and O–H groups in total. The fraction of sp³-hybridized carbons (Fsp3) is 0.150. The number of rotatable bonds is 3. The number of aromatic amines is 2. The van der Waals surface area contributed by atoms with E-state index in [2.05, 4.69) is 15.0 Å². The second kappa shape index (κ2) is 6.56. The molecule has 1 amide bonds. The number of pyridine rings is 2. The average Bonchev–Trinajstić information content (AvgIpc) is 3.12. The number of halogens is 2. The van der Waals surface area contributed by atoms with Crippen LogP contribution in [0.4, 0.5) is 8.78 Å². The molecule has 1 aromatic carbocycles. The molecule has 0 aliphatic rings. The number of fused-ring (bicyclic) bond motifs is 2. The van der Waals surface area contributed by atoms with Gasteiger partial charge >= 0.3 is 0 Å².